The van der Waals surface area contributed by atoms with E-state index in [0.29, 0.717) is 32.1 Å². The lowest BCUT2D eigenvalue weighted by Crippen LogP contribution is -2.69. The van der Waals surface area contributed by atoms with Crippen molar-refractivity contribution in [3.05, 3.63) is 11.6 Å². The molecular weight excluding hydrogens is 577 g/mol. The van der Waals surface area contributed by atoms with Crippen molar-refractivity contribution in [3.8, 4) is 6.07 Å². The standard InChI is InChI=1S/C33H47F3N2O4S/c1-27(2)10-12-32(18-38-43(41,42)19-33(34,35)36)13-11-31(7)25(21(32)16-27)22(39)14-24-29(5)15-20(17-37)26(40)28(3,4)23(29)8-9-30(24,31)6/h15,21,23-25,38H,8-14,16,18-19H2,1-7H3/t21?,23-,24+,25?,29-,30+,31+,32+/m0/s1. The van der Waals surface area contributed by atoms with E-state index >= 15 is 0 Å². The molecule has 5 rings (SSSR count). The number of rotatable bonds is 4. The summed E-state index contributed by atoms with van der Waals surface area (Å²) in [6.07, 6.45) is 2.47. The van der Waals surface area contributed by atoms with Gasteiger partial charge in [0.15, 0.2) is 11.5 Å². The molecule has 5 aliphatic carbocycles. The average Bonchev–Trinajstić information content (AvgIpc) is 2.85. The Hall–Kier alpha value is -1.73. The number of fused-ring (bicyclic) bond motifs is 7. The molecule has 1 N–H and O–H groups in total. The number of alkyl halides is 3. The van der Waals surface area contributed by atoms with Gasteiger partial charge in [0.2, 0.25) is 10.0 Å². The zero-order chi connectivity index (χ0) is 32.2. The molecule has 43 heavy (non-hydrogen) atoms. The summed E-state index contributed by atoms with van der Waals surface area (Å²) in [5.41, 5.74) is -2.45. The number of nitriles is 1. The van der Waals surface area contributed by atoms with Crippen molar-refractivity contribution in [3.63, 3.8) is 0 Å². The molecule has 0 aromatic carbocycles. The van der Waals surface area contributed by atoms with E-state index in [1.807, 2.05) is 19.9 Å². The highest BCUT2D eigenvalue weighted by Gasteiger charge is 2.72. The number of sulfonamides is 1. The molecule has 6 nitrogen and oxygen atoms in total. The van der Waals surface area contributed by atoms with Gasteiger partial charge < -0.3 is 0 Å². The first-order valence-corrected chi connectivity index (χ1v) is 17.4. The van der Waals surface area contributed by atoms with E-state index in [1.54, 1.807) is 0 Å². The number of allylic oxidation sites excluding steroid dienone is 2. The molecule has 4 saturated carbocycles. The van der Waals surface area contributed by atoms with Crippen LogP contribution in [0.15, 0.2) is 11.6 Å². The van der Waals surface area contributed by atoms with Crippen molar-refractivity contribution in [1.82, 2.24) is 4.72 Å². The summed E-state index contributed by atoms with van der Waals surface area (Å²) in [7, 11) is -4.58. The molecule has 0 aromatic heterocycles. The third-order valence-corrected chi connectivity index (χ3v) is 14.9. The first-order valence-electron chi connectivity index (χ1n) is 15.7. The number of Topliss-reactive ketones (excluding diaryl/α,β-unsaturated/α-hetero) is 2. The summed E-state index contributed by atoms with van der Waals surface area (Å²) in [5.74, 6) is -2.48. The van der Waals surface area contributed by atoms with Gasteiger partial charge in [-0.3, -0.25) is 9.59 Å². The van der Waals surface area contributed by atoms with Crippen LogP contribution in [0.1, 0.15) is 99.8 Å². The van der Waals surface area contributed by atoms with E-state index < -0.39 is 43.6 Å². The van der Waals surface area contributed by atoms with Crippen LogP contribution in [0.2, 0.25) is 0 Å². The van der Waals surface area contributed by atoms with E-state index in [1.165, 1.54) is 0 Å². The van der Waals surface area contributed by atoms with Gasteiger partial charge in [0.05, 0.1) is 5.57 Å². The number of ketones is 2. The lowest BCUT2D eigenvalue weighted by Gasteiger charge is -2.72. The van der Waals surface area contributed by atoms with Gasteiger partial charge in [-0.2, -0.15) is 18.4 Å². The zero-order valence-electron chi connectivity index (χ0n) is 26.6. The molecule has 4 fully saturated rings. The van der Waals surface area contributed by atoms with Crippen LogP contribution < -0.4 is 4.72 Å². The van der Waals surface area contributed by atoms with Crippen molar-refractivity contribution in [2.45, 2.75) is 106 Å². The SMILES string of the molecule is CC1(C)CC[C@]2(CNS(=O)(=O)CC(F)(F)F)CC[C@]3(C)C(C(=O)C[C@@H]4[C@@]5(C)C=C(C#N)C(=O)C(C)(C)[C@@H]5CC[C@]43C)C2C1. The Labute approximate surface area is 254 Å². The van der Waals surface area contributed by atoms with Gasteiger partial charge in [-0.1, -0.05) is 54.5 Å². The van der Waals surface area contributed by atoms with Crippen LogP contribution in [-0.4, -0.2) is 38.5 Å². The fourth-order valence-corrected chi connectivity index (χ4v) is 12.3. The number of nitrogens with one attached hydrogen (secondary N) is 1. The fourth-order valence-electron chi connectivity index (χ4n) is 11.2. The van der Waals surface area contributed by atoms with Crippen LogP contribution in [0, 0.1) is 67.5 Å². The average molecular weight is 625 g/mol. The van der Waals surface area contributed by atoms with Gasteiger partial charge in [-0.25, -0.2) is 13.1 Å². The van der Waals surface area contributed by atoms with Crippen LogP contribution in [0.5, 0.6) is 0 Å². The second-order valence-corrected chi connectivity index (χ2v) is 18.6. The summed E-state index contributed by atoms with van der Waals surface area (Å²) < 4.78 is 66.4. The Morgan fingerprint density at radius 2 is 1.58 bits per heavy atom. The van der Waals surface area contributed by atoms with E-state index in [0.717, 1.165) is 19.3 Å². The lowest BCUT2D eigenvalue weighted by molar-refractivity contribution is -0.221. The summed E-state index contributed by atoms with van der Waals surface area (Å²) in [6.45, 7) is 14.7. The van der Waals surface area contributed by atoms with Crippen LogP contribution in [0.25, 0.3) is 0 Å². The third kappa shape index (κ3) is 4.85. The summed E-state index contributed by atoms with van der Waals surface area (Å²) in [6, 6.07) is 2.14. The number of nitrogens with zero attached hydrogens (tertiary/aromatic N) is 1. The predicted molar refractivity (Wildman–Crippen MR) is 157 cm³/mol. The maximum atomic E-state index is 14.6. The Balaban J connectivity index is 1.56. The summed E-state index contributed by atoms with van der Waals surface area (Å²) in [5, 5.41) is 9.91. The smallest absolute Gasteiger partial charge is 0.299 e. The molecule has 10 heteroatoms. The molecule has 0 spiro atoms. The van der Waals surface area contributed by atoms with Crippen molar-refractivity contribution in [2.24, 2.45) is 56.2 Å². The lowest BCUT2D eigenvalue weighted by atomic mass is 9.31. The van der Waals surface area contributed by atoms with Gasteiger partial charge in [-0.05, 0) is 89.8 Å². The Bertz CT molecular complexity index is 1410. The largest absolute Gasteiger partial charge is 0.404 e. The maximum absolute atomic E-state index is 14.6. The molecule has 0 aliphatic heterocycles. The molecule has 240 valence electrons. The second kappa shape index (κ2) is 9.64. The molecule has 0 saturated heterocycles. The highest BCUT2D eigenvalue weighted by molar-refractivity contribution is 7.89. The minimum absolute atomic E-state index is 0.00467. The number of carbonyl (C=O) groups is 2. The molecule has 0 aromatic rings. The molecule has 0 amide bonds. The fraction of sp³-hybridized carbons (Fsp3) is 0.848. The molecular formula is C33H47F3N2O4S. The predicted octanol–water partition coefficient (Wildman–Crippen LogP) is 6.77. The first kappa shape index (κ1) is 32.7. The van der Waals surface area contributed by atoms with Gasteiger partial charge in [0, 0.05) is 24.3 Å². The van der Waals surface area contributed by atoms with Crippen LogP contribution in [0.4, 0.5) is 13.2 Å². The maximum Gasteiger partial charge on any atom is 0.404 e. The van der Waals surface area contributed by atoms with Crippen molar-refractivity contribution in [1.29, 1.82) is 5.26 Å². The minimum Gasteiger partial charge on any atom is -0.299 e. The highest BCUT2D eigenvalue weighted by atomic mass is 32.2. The van der Waals surface area contributed by atoms with Crippen LogP contribution in [0.3, 0.4) is 0 Å². The Morgan fingerprint density at radius 3 is 2.19 bits per heavy atom. The van der Waals surface area contributed by atoms with Crippen LogP contribution >= 0.6 is 0 Å². The summed E-state index contributed by atoms with van der Waals surface area (Å²) in [4.78, 5) is 27.8. The van der Waals surface area contributed by atoms with Crippen LogP contribution in [-0.2, 0) is 19.6 Å². The van der Waals surface area contributed by atoms with Gasteiger partial charge in [0.1, 0.15) is 11.9 Å². The van der Waals surface area contributed by atoms with Crippen molar-refractivity contribution < 1.29 is 31.2 Å². The van der Waals surface area contributed by atoms with E-state index in [4.69, 9.17) is 0 Å². The number of hydrogen-bond acceptors (Lipinski definition) is 5. The molecule has 0 radical (unpaired) electrons. The molecule has 0 heterocycles. The van der Waals surface area contributed by atoms with E-state index in [2.05, 4.69) is 45.4 Å². The van der Waals surface area contributed by atoms with Crippen molar-refractivity contribution >= 4 is 21.6 Å². The number of halogens is 3. The molecule has 2 unspecified atom stereocenters. The monoisotopic (exact) mass is 624 g/mol. The van der Waals surface area contributed by atoms with E-state index in [9.17, 15) is 36.4 Å². The second-order valence-electron chi connectivity index (χ2n) is 16.7. The Morgan fingerprint density at radius 1 is 0.953 bits per heavy atom. The third-order valence-electron chi connectivity index (χ3n) is 13.6. The first-order chi connectivity index (χ1) is 19.5. The number of hydrogen-bond donors (Lipinski definition) is 1. The van der Waals surface area contributed by atoms with E-state index in [-0.39, 0.29) is 58.2 Å². The molecule has 0 bridgehead atoms. The highest BCUT2D eigenvalue weighted by Crippen LogP contribution is 2.75. The number of carbonyl (C=O) groups excluding carboxylic acids is 2. The normalized spacial score (nSPS) is 43.8. The molecule has 8 atom stereocenters. The van der Waals surface area contributed by atoms with Gasteiger partial charge in [-0.15, -0.1) is 0 Å². The van der Waals surface area contributed by atoms with Crippen molar-refractivity contribution in [2.75, 3.05) is 12.3 Å². The topological polar surface area (TPSA) is 104 Å². The zero-order valence-corrected chi connectivity index (χ0v) is 27.4. The summed E-state index contributed by atoms with van der Waals surface area (Å²) >= 11 is 0. The Kier molecular flexibility index (Phi) is 7.32. The van der Waals surface area contributed by atoms with Gasteiger partial charge >= 0.3 is 6.18 Å². The molecule has 5 aliphatic rings. The quantitative estimate of drug-likeness (QED) is 0.372. The van der Waals surface area contributed by atoms with Gasteiger partial charge in [0.25, 0.3) is 0 Å². The minimum atomic E-state index is -4.83.